The molecule has 2 heterocycles. The van der Waals surface area contributed by atoms with Gasteiger partial charge in [0.1, 0.15) is 16.7 Å². The van der Waals surface area contributed by atoms with Crippen LogP contribution in [0.3, 0.4) is 0 Å². The Hall–Kier alpha value is -2.07. The van der Waals surface area contributed by atoms with Crippen LogP contribution in [0.4, 0.5) is 8.78 Å². The molecule has 0 N–H and O–H groups in total. The van der Waals surface area contributed by atoms with Gasteiger partial charge in [-0.25, -0.2) is 17.2 Å². The van der Waals surface area contributed by atoms with Gasteiger partial charge in [0.05, 0.1) is 6.04 Å². The lowest BCUT2D eigenvalue weighted by molar-refractivity contribution is 0.110. The largest absolute Gasteiger partial charge is 0.487 e. The van der Waals surface area contributed by atoms with Crippen LogP contribution in [0.2, 0.25) is 0 Å². The van der Waals surface area contributed by atoms with Gasteiger partial charge < -0.3 is 9.64 Å². The van der Waals surface area contributed by atoms with Crippen LogP contribution in [0.1, 0.15) is 18.4 Å². The Balaban J connectivity index is 1.60. The highest BCUT2D eigenvalue weighted by Gasteiger charge is 2.43. The number of likely N-dealkylation sites (tertiary alicyclic amines) is 1. The summed E-state index contributed by atoms with van der Waals surface area (Å²) in [6.07, 6.45) is 0.941. The van der Waals surface area contributed by atoms with E-state index in [1.807, 2.05) is 19.0 Å². The molecule has 32 heavy (non-hydrogen) atoms. The van der Waals surface area contributed by atoms with Crippen molar-refractivity contribution in [1.29, 1.82) is 0 Å². The maximum absolute atomic E-state index is 13.6. The standard InChI is InChI=1S/C23H29F2N3O3S/c1-26(2)13-14-28-20-9-11-27(16-17-7-8-18(24)19(25)15-17)12-10-21(20)31-22-5-3-4-6-23(22)32(28,29)30/h3-8,15,20-21H,9-14,16H2,1-2H3/t20-,21-/m0/s1. The first-order valence-corrected chi connectivity index (χ1v) is 12.3. The lowest BCUT2D eigenvalue weighted by Gasteiger charge is -2.32. The lowest BCUT2D eigenvalue weighted by atomic mass is 10.1. The number of likely N-dealkylation sites (N-methyl/N-ethyl adjacent to an activating group) is 1. The van der Waals surface area contributed by atoms with Crippen LogP contribution < -0.4 is 4.74 Å². The van der Waals surface area contributed by atoms with Crippen molar-refractivity contribution < 1.29 is 21.9 Å². The first kappa shape index (κ1) is 23.1. The fraction of sp³-hybridized carbons (Fsp3) is 0.478. The van der Waals surface area contributed by atoms with Crippen LogP contribution in [0, 0.1) is 11.6 Å². The number of fused-ring (bicyclic) bond motifs is 2. The fourth-order valence-electron chi connectivity index (χ4n) is 4.45. The van der Waals surface area contributed by atoms with Crippen molar-refractivity contribution in [3.05, 3.63) is 59.7 Å². The molecule has 2 aliphatic rings. The molecule has 174 valence electrons. The summed E-state index contributed by atoms with van der Waals surface area (Å²) in [5.74, 6) is -1.33. The number of para-hydroxylation sites is 1. The number of nitrogens with zero attached hydrogens (tertiary/aromatic N) is 3. The molecule has 4 rings (SSSR count). The van der Waals surface area contributed by atoms with Crippen molar-refractivity contribution in [3.8, 4) is 5.75 Å². The Kier molecular flexibility index (Phi) is 6.80. The van der Waals surface area contributed by atoms with Gasteiger partial charge in [-0.1, -0.05) is 18.2 Å². The lowest BCUT2D eigenvalue weighted by Crippen LogP contribution is -2.49. The molecule has 0 saturated carbocycles. The van der Waals surface area contributed by atoms with Crippen molar-refractivity contribution in [2.24, 2.45) is 0 Å². The number of benzene rings is 2. The van der Waals surface area contributed by atoms with E-state index in [4.69, 9.17) is 4.74 Å². The Morgan fingerprint density at radius 3 is 2.56 bits per heavy atom. The molecule has 0 aromatic heterocycles. The van der Waals surface area contributed by atoms with Gasteiger partial charge in [0, 0.05) is 32.7 Å². The highest BCUT2D eigenvalue weighted by Crippen LogP contribution is 2.36. The van der Waals surface area contributed by atoms with Crippen LogP contribution in [0.15, 0.2) is 47.4 Å². The molecule has 9 heteroatoms. The van der Waals surface area contributed by atoms with Crippen LogP contribution in [-0.4, -0.2) is 74.9 Å². The molecule has 2 atom stereocenters. The summed E-state index contributed by atoms with van der Waals surface area (Å²) in [5, 5.41) is 0. The summed E-state index contributed by atoms with van der Waals surface area (Å²) >= 11 is 0. The maximum Gasteiger partial charge on any atom is 0.247 e. The summed E-state index contributed by atoms with van der Waals surface area (Å²) in [7, 11) is 0.123. The number of ether oxygens (including phenoxy) is 1. The SMILES string of the molecule is CN(C)CCN1[C@H]2CCN(Cc3ccc(F)c(F)c3)CC[C@@H]2Oc2ccccc2S1(=O)=O. The Morgan fingerprint density at radius 2 is 1.81 bits per heavy atom. The number of sulfonamides is 1. The minimum Gasteiger partial charge on any atom is -0.487 e. The molecular weight excluding hydrogens is 436 g/mol. The highest BCUT2D eigenvalue weighted by atomic mass is 32.2. The molecule has 6 nitrogen and oxygen atoms in total. The first-order chi connectivity index (χ1) is 15.3. The second kappa shape index (κ2) is 9.43. The van der Waals surface area contributed by atoms with Gasteiger partial charge in [0.15, 0.2) is 11.6 Å². The van der Waals surface area contributed by atoms with Gasteiger partial charge in [0.2, 0.25) is 10.0 Å². The van der Waals surface area contributed by atoms with Gasteiger partial charge in [-0.3, -0.25) is 4.90 Å². The van der Waals surface area contributed by atoms with Crippen molar-refractivity contribution in [3.63, 3.8) is 0 Å². The number of rotatable bonds is 5. The number of hydrogen-bond donors (Lipinski definition) is 0. The molecule has 1 saturated heterocycles. The summed E-state index contributed by atoms with van der Waals surface area (Å²) in [6, 6.07) is 10.5. The van der Waals surface area contributed by atoms with Crippen molar-refractivity contribution in [1.82, 2.24) is 14.1 Å². The normalized spacial score (nSPS) is 23.7. The second-order valence-corrected chi connectivity index (χ2v) is 10.6. The van der Waals surface area contributed by atoms with E-state index in [0.29, 0.717) is 56.9 Å². The molecule has 2 aromatic rings. The van der Waals surface area contributed by atoms with E-state index in [0.717, 1.165) is 6.07 Å². The summed E-state index contributed by atoms with van der Waals surface area (Å²) in [6.45, 7) is 2.75. The van der Waals surface area contributed by atoms with Crippen molar-refractivity contribution in [2.75, 3.05) is 40.3 Å². The molecule has 0 radical (unpaired) electrons. The minimum atomic E-state index is -3.72. The van der Waals surface area contributed by atoms with Gasteiger partial charge in [-0.2, -0.15) is 4.31 Å². The minimum absolute atomic E-state index is 0.213. The smallest absolute Gasteiger partial charge is 0.247 e. The Bertz CT molecular complexity index is 1060. The third-order valence-corrected chi connectivity index (χ3v) is 8.11. The van der Waals surface area contributed by atoms with Crippen LogP contribution in [-0.2, 0) is 16.6 Å². The zero-order valence-corrected chi connectivity index (χ0v) is 19.2. The predicted octanol–water partition coefficient (Wildman–Crippen LogP) is 2.94. The van der Waals surface area contributed by atoms with Gasteiger partial charge in [-0.15, -0.1) is 0 Å². The summed E-state index contributed by atoms with van der Waals surface area (Å²) in [4.78, 5) is 4.33. The van der Waals surface area contributed by atoms with E-state index in [1.54, 1.807) is 34.6 Å². The Morgan fingerprint density at radius 1 is 1.06 bits per heavy atom. The molecular formula is C23H29F2N3O3S. The predicted molar refractivity (Wildman–Crippen MR) is 118 cm³/mol. The quantitative estimate of drug-likeness (QED) is 0.680. The zero-order valence-electron chi connectivity index (χ0n) is 18.4. The number of hydrogen-bond acceptors (Lipinski definition) is 5. The van der Waals surface area contributed by atoms with Gasteiger partial charge in [0.25, 0.3) is 0 Å². The first-order valence-electron chi connectivity index (χ1n) is 10.8. The average Bonchev–Trinajstić information content (AvgIpc) is 2.98. The van der Waals surface area contributed by atoms with Crippen LogP contribution in [0.5, 0.6) is 5.75 Å². The van der Waals surface area contributed by atoms with E-state index in [1.165, 1.54) is 6.07 Å². The van der Waals surface area contributed by atoms with E-state index in [-0.39, 0.29) is 17.0 Å². The van der Waals surface area contributed by atoms with Crippen LogP contribution in [0.25, 0.3) is 0 Å². The van der Waals surface area contributed by atoms with E-state index in [2.05, 4.69) is 4.90 Å². The zero-order chi connectivity index (χ0) is 22.9. The van der Waals surface area contributed by atoms with E-state index in [9.17, 15) is 17.2 Å². The molecule has 0 unspecified atom stereocenters. The third-order valence-electron chi connectivity index (χ3n) is 6.14. The molecule has 0 bridgehead atoms. The highest BCUT2D eigenvalue weighted by molar-refractivity contribution is 7.89. The van der Waals surface area contributed by atoms with Crippen molar-refractivity contribution >= 4 is 10.0 Å². The molecule has 2 aromatic carbocycles. The van der Waals surface area contributed by atoms with Gasteiger partial charge in [-0.05, 0) is 56.8 Å². The average molecular weight is 466 g/mol. The monoisotopic (exact) mass is 465 g/mol. The fourth-order valence-corrected chi connectivity index (χ4v) is 6.24. The maximum atomic E-state index is 13.6. The van der Waals surface area contributed by atoms with E-state index < -0.39 is 21.7 Å². The molecule has 0 aliphatic carbocycles. The second-order valence-electron chi connectivity index (χ2n) is 8.69. The summed E-state index contributed by atoms with van der Waals surface area (Å²) in [5.41, 5.74) is 0.689. The molecule has 0 amide bonds. The molecule has 2 aliphatic heterocycles. The van der Waals surface area contributed by atoms with Gasteiger partial charge >= 0.3 is 0 Å². The van der Waals surface area contributed by atoms with Crippen molar-refractivity contribution in [2.45, 2.75) is 36.4 Å². The van der Waals surface area contributed by atoms with E-state index >= 15 is 0 Å². The third kappa shape index (κ3) is 4.80. The Labute approximate surface area is 188 Å². The van der Waals surface area contributed by atoms with Crippen LogP contribution >= 0.6 is 0 Å². The topological polar surface area (TPSA) is 53.1 Å². The molecule has 1 fully saturated rings. The number of halogens is 2. The summed E-state index contributed by atoms with van der Waals surface area (Å²) < 4.78 is 62.0. The molecule has 0 spiro atoms.